The van der Waals surface area contributed by atoms with Gasteiger partial charge in [-0.1, -0.05) is 6.92 Å². The lowest BCUT2D eigenvalue weighted by molar-refractivity contribution is -0.112. The minimum Gasteiger partial charge on any atom is -0.425 e. The maximum atomic E-state index is 13.2. The Labute approximate surface area is 109 Å². The topological polar surface area (TPSA) is 50.7 Å². The second-order valence-corrected chi connectivity index (χ2v) is 3.55. The summed E-state index contributed by atoms with van der Waals surface area (Å²) >= 11 is 0. The molecule has 0 spiro atoms. The van der Waals surface area contributed by atoms with Gasteiger partial charge in [-0.3, -0.25) is 4.79 Å². The van der Waals surface area contributed by atoms with Crippen LogP contribution in [0.15, 0.2) is 35.5 Å². The average Bonchev–Trinajstić information content (AvgIpc) is 2.40. The lowest BCUT2D eigenvalue weighted by Gasteiger charge is -2.05. The number of aliphatic imine (C=N–C) groups is 1. The molecule has 0 bridgehead atoms. The molecule has 4 nitrogen and oxygen atoms in total. The van der Waals surface area contributed by atoms with Gasteiger partial charge in [0.05, 0.1) is 0 Å². The Kier molecular flexibility index (Phi) is 5.66. The minimum atomic E-state index is -1.04. The van der Waals surface area contributed by atoms with Gasteiger partial charge in [-0.05, 0) is 30.2 Å². The zero-order valence-corrected chi connectivity index (χ0v) is 10.6. The van der Waals surface area contributed by atoms with Gasteiger partial charge < -0.3 is 10.1 Å². The molecule has 0 aromatic heterocycles. The summed E-state index contributed by atoms with van der Waals surface area (Å²) in [4.78, 5) is 14.5. The maximum Gasteiger partial charge on any atom is 0.376 e. The molecule has 1 aromatic rings. The number of benzene rings is 1. The van der Waals surface area contributed by atoms with Crippen molar-refractivity contribution >= 4 is 17.7 Å². The van der Waals surface area contributed by atoms with Gasteiger partial charge in [0.15, 0.2) is 0 Å². The van der Waals surface area contributed by atoms with E-state index in [4.69, 9.17) is 0 Å². The van der Waals surface area contributed by atoms with E-state index in [1.807, 2.05) is 6.92 Å². The van der Waals surface area contributed by atoms with Crippen LogP contribution in [0.2, 0.25) is 0 Å². The molecule has 0 atom stereocenters. The fourth-order valence-corrected chi connectivity index (χ4v) is 1.31. The minimum absolute atomic E-state index is 0.319. The number of nitrogens with one attached hydrogen (secondary N) is 1. The van der Waals surface area contributed by atoms with Crippen LogP contribution in [-0.2, 0) is 16.0 Å². The van der Waals surface area contributed by atoms with Crippen LogP contribution in [0.5, 0.6) is 0 Å². The molecule has 0 fully saturated rings. The number of carbonyl (C=O) groups is 1. The largest absolute Gasteiger partial charge is 0.425 e. The van der Waals surface area contributed by atoms with Gasteiger partial charge in [-0.2, -0.15) is 0 Å². The number of nitrogens with zero attached hydrogens (tertiary/aromatic N) is 1. The standard InChI is InChI=1S/C13H14F2N2O2/c1-3-9-8-10(4-5-11(9)14)17-12(18)6-7-19-13(15)16-2/h4-8H,3H2,1-2H3,(H,17,18)/b7-6+,16-13?. The van der Waals surface area contributed by atoms with E-state index in [9.17, 15) is 13.6 Å². The van der Waals surface area contributed by atoms with Crippen molar-refractivity contribution in [3.63, 3.8) is 0 Å². The maximum absolute atomic E-state index is 13.2. The predicted molar refractivity (Wildman–Crippen MR) is 69.1 cm³/mol. The van der Waals surface area contributed by atoms with E-state index < -0.39 is 12.1 Å². The number of halogens is 2. The van der Waals surface area contributed by atoms with Crippen LogP contribution >= 0.6 is 0 Å². The number of hydrogen-bond acceptors (Lipinski definition) is 3. The number of anilines is 1. The van der Waals surface area contributed by atoms with Gasteiger partial charge >= 0.3 is 6.15 Å². The predicted octanol–water partition coefficient (Wildman–Crippen LogP) is 2.81. The molecule has 1 N–H and O–H groups in total. The molecule has 0 radical (unpaired) electrons. The molecule has 6 heteroatoms. The van der Waals surface area contributed by atoms with Gasteiger partial charge in [0.25, 0.3) is 5.91 Å². The van der Waals surface area contributed by atoms with E-state index in [1.54, 1.807) is 0 Å². The van der Waals surface area contributed by atoms with Crippen molar-refractivity contribution in [1.82, 2.24) is 0 Å². The first-order valence-electron chi connectivity index (χ1n) is 5.61. The van der Waals surface area contributed by atoms with Crippen LogP contribution in [0.4, 0.5) is 14.5 Å². The third-order valence-electron chi connectivity index (χ3n) is 2.25. The van der Waals surface area contributed by atoms with Crippen molar-refractivity contribution in [2.75, 3.05) is 12.4 Å². The van der Waals surface area contributed by atoms with Gasteiger partial charge in [-0.15, -0.1) is 4.39 Å². The Balaban J connectivity index is 2.62. The first-order chi connectivity index (χ1) is 9.06. The van der Waals surface area contributed by atoms with Crippen molar-refractivity contribution in [2.45, 2.75) is 13.3 Å². The van der Waals surface area contributed by atoms with E-state index >= 15 is 0 Å². The second-order valence-electron chi connectivity index (χ2n) is 3.55. The Hall–Kier alpha value is -2.24. The van der Waals surface area contributed by atoms with Gasteiger partial charge in [0.2, 0.25) is 0 Å². The number of aryl methyl sites for hydroxylation is 1. The summed E-state index contributed by atoms with van der Waals surface area (Å²) in [5.74, 6) is -0.835. The Morgan fingerprint density at radius 3 is 2.89 bits per heavy atom. The van der Waals surface area contributed by atoms with E-state index in [-0.39, 0.29) is 5.82 Å². The van der Waals surface area contributed by atoms with Crippen molar-refractivity contribution in [3.05, 3.63) is 41.9 Å². The van der Waals surface area contributed by atoms with Crippen molar-refractivity contribution < 1.29 is 18.3 Å². The molecule has 0 saturated carbocycles. The highest BCUT2D eigenvalue weighted by Gasteiger charge is 2.03. The molecule has 0 heterocycles. The van der Waals surface area contributed by atoms with Crippen molar-refractivity contribution in [1.29, 1.82) is 0 Å². The summed E-state index contributed by atoms with van der Waals surface area (Å²) < 4.78 is 30.0. The monoisotopic (exact) mass is 268 g/mol. The van der Waals surface area contributed by atoms with E-state index in [2.05, 4.69) is 15.0 Å². The van der Waals surface area contributed by atoms with Crippen LogP contribution in [0.25, 0.3) is 0 Å². The third kappa shape index (κ3) is 4.87. The SMILES string of the molecule is CCc1cc(NC(=O)/C=C/OC(F)=NC)ccc1F. The van der Waals surface area contributed by atoms with E-state index in [0.717, 1.165) is 12.3 Å². The zero-order valence-electron chi connectivity index (χ0n) is 10.6. The summed E-state index contributed by atoms with van der Waals surface area (Å²) in [6.07, 6.45) is 1.35. The number of rotatable bonds is 4. The molecule has 1 amide bonds. The van der Waals surface area contributed by atoms with Crippen LogP contribution in [0, 0.1) is 5.82 Å². The number of carbonyl (C=O) groups excluding carboxylic acids is 1. The Morgan fingerprint density at radius 2 is 2.26 bits per heavy atom. The molecular formula is C13H14F2N2O2. The fourth-order valence-electron chi connectivity index (χ4n) is 1.31. The van der Waals surface area contributed by atoms with Crippen LogP contribution in [0.3, 0.4) is 0 Å². The first kappa shape index (κ1) is 14.8. The molecule has 0 unspecified atom stereocenters. The fraction of sp³-hybridized carbons (Fsp3) is 0.231. The third-order valence-corrected chi connectivity index (χ3v) is 2.25. The average molecular weight is 268 g/mol. The molecular weight excluding hydrogens is 254 g/mol. The first-order valence-corrected chi connectivity index (χ1v) is 5.61. The van der Waals surface area contributed by atoms with Crippen LogP contribution < -0.4 is 5.32 Å². The highest BCUT2D eigenvalue weighted by atomic mass is 19.1. The summed E-state index contributed by atoms with van der Waals surface area (Å²) in [6, 6.07) is 4.25. The molecule has 0 aliphatic rings. The van der Waals surface area contributed by atoms with E-state index in [0.29, 0.717) is 17.7 Å². The number of amides is 1. The molecule has 19 heavy (non-hydrogen) atoms. The summed E-state index contributed by atoms with van der Waals surface area (Å²) in [5, 5.41) is 2.50. The molecule has 0 aliphatic carbocycles. The molecule has 1 rings (SSSR count). The number of ether oxygens (including phenoxy) is 1. The Morgan fingerprint density at radius 1 is 1.53 bits per heavy atom. The molecule has 1 aromatic carbocycles. The van der Waals surface area contributed by atoms with Gasteiger partial charge in [0.1, 0.15) is 12.1 Å². The highest BCUT2D eigenvalue weighted by Crippen LogP contribution is 2.15. The highest BCUT2D eigenvalue weighted by molar-refractivity contribution is 5.99. The zero-order chi connectivity index (χ0) is 14.3. The molecule has 0 aliphatic heterocycles. The summed E-state index contributed by atoms with van der Waals surface area (Å²) in [5.41, 5.74) is 0.958. The van der Waals surface area contributed by atoms with Gasteiger partial charge in [-0.25, -0.2) is 9.38 Å². The number of hydrogen-bond donors (Lipinski definition) is 1. The lowest BCUT2D eigenvalue weighted by Crippen LogP contribution is -2.08. The second kappa shape index (κ2) is 7.25. The quantitative estimate of drug-likeness (QED) is 0.395. The molecule has 0 saturated heterocycles. The van der Waals surface area contributed by atoms with Crippen LogP contribution in [-0.4, -0.2) is 19.1 Å². The summed E-state index contributed by atoms with van der Waals surface area (Å²) in [6.45, 7) is 1.81. The van der Waals surface area contributed by atoms with Gasteiger partial charge in [0, 0.05) is 18.8 Å². The normalized spacial score (nSPS) is 11.7. The molecule has 102 valence electrons. The lowest BCUT2D eigenvalue weighted by atomic mass is 10.1. The summed E-state index contributed by atoms with van der Waals surface area (Å²) in [7, 11) is 1.22. The smallest absolute Gasteiger partial charge is 0.376 e. The van der Waals surface area contributed by atoms with Crippen LogP contribution in [0.1, 0.15) is 12.5 Å². The van der Waals surface area contributed by atoms with E-state index in [1.165, 1.54) is 25.2 Å². The Bertz CT molecular complexity index is 513. The van der Waals surface area contributed by atoms with Crippen molar-refractivity contribution in [2.24, 2.45) is 4.99 Å². The van der Waals surface area contributed by atoms with Crippen molar-refractivity contribution in [3.8, 4) is 0 Å².